The molecule has 1 unspecified atom stereocenters. The van der Waals surface area contributed by atoms with Crippen LogP contribution in [-0.2, 0) is 10.3 Å². The smallest absolute Gasteiger partial charge is 0.320 e. The minimum Gasteiger partial charge on any atom is -0.356 e. The van der Waals surface area contributed by atoms with Gasteiger partial charge in [-0.2, -0.15) is 0 Å². The molecule has 3 amide bonds. The molecule has 164 valence electrons. The normalized spacial score (nSPS) is 18.0. The fraction of sp³-hybridized carbons (Fsp3) is 0.333. The van der Waals surface area contributed by atoms with Gasteiger partial charge in [-0.05, 0) is 48.3 Å². The Labute approximate surface area is 187 Å². The number of hydrogen-bond acceptors (Lipinski definition) is 2. The van der Waals surface area contributed by atoms with E-state index in [0.29, 0.717) is 35.5 Å². The molecular formula is C24H27ClFN3O2. The van der Waals surface area contributed by atoms with Crippen molar-refractivity contribution in [3.05, 3.63) is 76.6 Å². The van der Waals surface area contributed by atoms with E-state index in [0.717, 1.165) is 5.56 Å². The molecule has 0 spiro atoms. The summed E-state index contributed by atoms with van der Waals surface area (Å²) >= 11 is 6.14. The Morgan fingerprint density at radius 3 is 2.55 bits per heavy atom. The van der Waals surface area contributed by atoms with E-state index < -0.39 is 5.54 Å². The minimum atomic E-state index is -0.773. The Balaban J connectivity index is 2.11. The van der Waals surface area contributed by atoms with Crippen LogP contribution in [0, 0.1) is 5.82 Å². The minimum absolute atomic E-state index is 0.0985. The molecule has 1 aliphatic rings. The lowest BCUT2D eigenvalue weighted by Crippen LogP contribution is -2.49. The molecule has 0 saturated carbocycles. The molecule has 0 saturated heterocycles. The summed E-state index contributed by atoms with van der Waals surface area (Å²) in [4.78, 5) is 27.8. The third-order valence-corrected chi connectivity index (χ3v) is 5.73. The first-order chi connectivity index (χ1) is 14.7. The van der Waals surface area contributed by atoms with Gasteiger partial charge in [0.1, 0.15) is 5.82 Å². The average molecular weight is 444 g/mol. The van der Waals surface area contributed by atoms with E-state index in [4.69, 9.17) is 11.6 Å². The molecule has 0 aliphatic carbocycles. The summed E-state index contributed by atoms with van der Waals surface area (Å²) in [5.74, 6) is -0.478. The zero-order valence-electron chi connectivity index (χ0n) is 18.0. The van der Waals surface area contributed by atoms with Crippen LogP contribution in [0.5, 0.6) is 0 Å². The highest BCUT2D eigenvalue weighted by Gasteiger charge is 2.45. The average Bonchev–Trinajstić information content (AvgIpc) is 3.13. The topological polar surface area (TPSA) is 52.7 Å². The lowest BCUT2D eigenvalue weighted by atomic mass is 9.84. The van der Waals surface area contributed by atoms with Crippen LogP contribution in [-0.4, -0.2) is 48.9 Å². The van der Waals surface area contributed by atoms with Crippen LogP contribution in [0.4, 0.5) is 9.18 Å². The van der Waals surface area contributed by atoms with Crippen LogP contribution in [0.25, 0.3) is 5.57 Å². The van der Waals surface area contributed by atoms with Crippen LogP contribution >= 0.6 is 11.6 Å². The maximum Gasteiger partial charge on any atom is 0.320 e. The number of rotatable bonds is 6. The Kier molecular flexibility index (Phi) is 7.01. The van der Waals surface area contributed by atoms with Crippen molar-refractivity contribution in [3.63, 3.8) is 0 Å². The monoisotopic (exact) mass is 443 g/mol. The van der Waals surface area contributed by atoms with E-state index in [9.17, 15) is 14.0 Å². The summed E-state index contributed by atoms with van der Waals surface area (Å²) in [6.07, 6.45) is 3.20. The summed E-state index contributed by atoms with van der Waals surface area (Å²) in [6, 6.07) is 14.0. The lowest BCUT2D eigenvalue weighted by molar-refractivity contribution is -0.118. The van der Waals surface area contributed by atoms with Crippen LogP contribution in [0.2, 0.25) is 5.02 Å². The fourth-order valence-electron chi connectivity index (χ4n) is 4.05. The summed E-state index contributed by atoms with van der Waals surface area (Å²) in [6.45, 7) is 2.22. The third kappa shape index (κ3) is 4.90. The molecule has 2 aromatic rings. The van der Waals surface area contributed by atoms with E-state index in [1.165, 1.54) is 24.0 Å². The molecular weight excluding hydrogens is 417 g/mol. The number of hydrogen-bond donors (Lipinski definition) is 1. The number of carbonyl (C=O) groups excluding carboxylic acids is 2. The van der Waals surface area contributed by atoms with Gasteiger partial charge in [-0.3, -0.25) is 4.79 Å². The molecule has 1 aliphatic heterocycles. The van der Waals surface area contributed by atoms with Crippen LogP contribution < -0.4 is 5.32 Å². The van der Waals surface area contributed by atoms with Crippen molar-refractivity contribution in [3.8, 4) is 0 Å². The lowest BCUT2D eigenvalue weighted by Gasteiger charge is -2.40. The molecule has 31 heavy (non-hydrogen) atoms. The predicted octanol–water partition coefficient (Wildman–Crippen LogP) is 4.67. The summed E-state index contributed by atoms with van der Waals surface area (Å²) in [5, 5.41) is 3.25. The van der Waals surface area contributed by atoms with E-state index >= 15 is 0 Å². The van der Waals surface area contributed by atoms with E-state index in [1.807, 2.05) is 36.4 Å². The third-order valence-electron chi connectivity index (χ3n) is 5.49. The molecule has 3 rings (SSSR count). The second-order valence-electron chi connectivity index (χ2n) is 7.93. The molecule has 1 atom stereocenters. The van der Waals surface area contributed by atoms with E-state index in [-0.39, 0.29) is 24.3 Å². The van der Waals surface area contributed by atoms with Gasteiger partial charge in [0.15, 0.2) is 0 Å². The van der Waals surface area contributed by atoms with Gasteiger partial charge in [-0.15, -0.1) is 0 Å². The highest BCUT2D eigenvalue weighted by atomic mass is 35.5. The van der Waals surface area contributed by atoms with Crippen molar-refractivity contribution in [1.29, 1.82) is 0 Å². The Hall–Kier alpha value is -2.86. The molecule has 2 aromatic carbocycles. The van der Waals surface area contributed by atoms with Crippen LogP contribution in [0.15, 0.2) is 54.6 Å². The van der Waals surface area contributed by atoms with Gasteiger partial charge in [0.25, 0.3) is 0 Å². The highest BCUT2D eigenvalue weighted by molar-refractivity contribution is 6.30. The first-order valence-corrected chi connectivity index (χ1v) is 10.6. The number of nitrogens with one attached hydrogen (secondary N) is 1. The van der Waals surface area contributed by atoms with E-state index in [1.54, 1.807) is 25.1 Å². The number of urea groups is 1. The van der Waals surface area contributed by atoms with Crippen molar-refractivity contribution in [2.75, 3.05) is 27.2 Å². The summed E-state index contributed by atoms with van der Waals surface area (Å²) in [7, 11) is 3.40. The predicted molar refractivity (Wildman–Crippen MR) is 121 cm³/mol. The number of benzene rings is 2. The van der Waals surface area contributed by atoms with Crippen molar-refractivity contribution in [1.82, 2.24) is 15.1 Å². The molecule has 5 nitrogen and oxygen atoms in total. The molecule has 1 N–H and O–H groups in total. The van der Waals surface area contributed by atoms with Crippen molar-refractivity contribution in [2.45, 2.75) is 25.3 Å². The van der Waals surface area contributed by atoms with Gasteiger partial charge >= 0.3 is 6.03 Å². The molecule has 7 heteroatoms. The van der Waals surface area contributed by atoms with E-state index in [2.05, 4.69) is 5.32 Å². The van der Waals surface area contributed by atoms with Gasteiger partial charge < -0.3 is 15.1 Å². The zero-order valence-corrected chi connectivity index (χ0v) is 18.7. The zero-order chi connectivity index (χ0) is 22.6. The Bertz CT molecular complexity index is 994. The molecule has 1 heterocycles. The largest absolute Gasteiger partial charge is 0.356 e. The van der Waals surface area contributed by atoms with Gasteiger partial charge in [-0.25, -0.2) is 9.18 Å². The van der Waals surface area contributed by atoms with Crippen LogP contribution in [0.3, 0.4) is 0 Å². The highest BCUT2D eigenvalue weighted by Crippen LogP contribution is 2.44. The fourth-order valence-corrected chi connectivity index (χ4v) is 4.22. The second kappa shape index (κ2) is 9.52. The standard InChI is InChI=1S/C24H27ClFN3O2/c1-17(30)27-13-7-12-24(19-8-5-4-6-9-19)15-18(16-29(24)23(31)28(2)3)21-14-20(25)10-11-22(21)26/h4-6,8-11,14-15H,7,12-13,16H2,1-3H3,(H,27,30). The summed E-state index contributed by atoms with van der Waals surface area (Å²) in [5.41, 5.74) is 1.26. The first-order valence-electron chi connectivity index (χ1n) is 10.2. The van der Waals surface area contributed by atoms with Gasteiger partial charge in [-0.1, -0.05) is 41.9 Å². The van der Waals surface area contributed by atoms with Crippen LogP contribution in [0.1, 0.15) is 30.9 Å². The second-order valence-corrected chi connectivity index (χ2v) is 8.37. The maximum atomic E-state index is 14.7. The SMILES string of the molecule is CC(=O)NCCCC1(c2ccccc2)C=C(c2cc(Cl)ccc2F)CN1C(=O)N(C)C. The Morgan fingerprint density at radius 1 is 1.19 bits per heavy atom. The molecule has 0 aromatic heterocycles. The molecule has 0 radical (unpaired) electrons. The first kappa shape index (κ1) is 22.8. The van der Waals surface area contributed by atoms with Crippen molar-refractivity contribution < 1.29 is 14.0 Å². The number of halogens is 2. The molecule has 0 fully saturated rings. The van der Waals surface area contributed by atoms with Gasteiger partial charge in [0, 0.05) is 44.7 Å². The maximum absolute atomic E-state index is 14.7. The Morgan fingerprint density at radius 2 is 1.90 bits per heavy atom. The van der Waals surface area contributed by atoms with Gasteiger partial charge in [0.2, 0.25) is 5.91 Å². The van der Waals surface area contributed by atoms with Crippen molar-refractivity contribution in [2.24, 2.45) is 0 Å². The number of nitrogens with zero attached hydrogens (tertiary/aromatic N) is 2. The molecule has 0 bridgehead atoms. The van der Waals surface area contributed by atoms with Gasteiger partial charge in [0.05, 0.1) is 5.54 Å². The van der Waals surface area contributed by atoms with Crippen molar-refractivity contribution >= 4 is 29.1 Å². The quantitative estimate of drug-likeness (QED) is 0.659. The summed E-state index contributed by atoms with van der Waals surface area (Å²) < 4.78 is 14.7. The number of amides is 3. The number of carbonyl (C=O) groups is 2.